The summed E-state index contributed by atoms with van der Waals surface area (Å²) in [7, 11) is 0. The number of fused-ring (bicyclic) bond motifs is 1. The van der Waals surface area contributed by atoms with Crippen LogP contribution in [-0.2, 0) is 4.79 Å². The number of hydrogen-bond donors (Lipinski definition) is 1. The number of aliphatic imine (C=N–C) groups is 1. The molecule has 1 N–H and O–H groups in total. The summed E-state index contributed by atoms with van der Waals surface area (Å²) in [5.41, 5.74) is 0.129. The zero-order chi connectivity index (χ0) is 16.5. The standard InChI is InChI=1S/C16H19FN6O/c17-11-9-18-6-5-12(11)20-16(24)13-10-19-14-3-4-15(21-23(13)14)22-7-1-2-8-22/h5-6,9,13H,1-4,7-8,10H2,(H,18,20,24). The maximum atomic E-state index is 13.7. The van der Waals surface area contributed by atoms with Gasteiger partial charge in [-0.1, -0.05) is 0 Å². The number of hydrazone groups is 1. The highest BCUT2D eigenvalue weighted by molar-refractivity contribution is 6.02. The Balaban J connectivity index is 1.51. The van der Waals surface area contributed by atoms with Gasteiger partial charge in [0, 0.05) is 32.1 Å². The van der Waals surface area contributed by atoms with E-state index in [1.807, 2.05) is 0 Å². The molecule has 1 aromatic rings. The summed E-state index contributed by atoms with van der Waals surface area (Å²) in [5.74, 6) is 1.02. The molecule has 1 unspecified atom stereocenters. The van der Waals surface area contributed by atoms with Gasteiger partial charge in [0.2, 0.25) is 0 Å². The van der Waals surface area contributed by atoms with Gasteiger partial charge in [0.1, 0.15) is 11.7 Å². The number of aromatic nitrogens is 1. The van der Waals surface area contributed by atoms with E-state index in [1.165, 1.54) is 25.1 Å². The van der Waals surface area contributed by atoms with Crippen LogP contribution in [0.5, 0.6) is 0 Å². The van der Waals surface area contributed by atoms with Crippen molar-refractivity contribution in [3.8, 4) is 0 Å². The second-order valence-corrected chi connectivity index (χ2v) is 6.17. The summed E-state index contributed by atoms with van der Waals surface area (Å²) in [5, 5.41) is 9.00. The summed E-state index contributed by atoms with van der Waals surface area (Å²) in [4.78, 5) is 23.0. The van der Waals surface area contributed by atoms with E-state index >= 15 is 0 Å². The number of rotatable bonds is 2. The first-order valence-corrected chi connectivity index (χ1v) is 8.28. The molecule has 0 aromatic carbocycles. The molecule has 0 radical (unpaired) electrons. The van der Waals surface area contributed by atoms with Gasteiger partial charge >= 0.3 is 0 Å². The van der Waals surface area contributed by atoms with Crippen LogP contribution in [-0.4, -0.2) is 58.1 Å². The van der Waals surface area contributed by atoms with Crippen LogP contribution in [0, 0.1) is 5.82 Å². The second-order valence-electron chi connectivity index (χ2n) is 6.17. The topological polar surface area (TPSA) is 73.2 Å². The maximum absolute atomic E-state index is 13.7. The van der Waals surface area contributed by atoms with Crippen molar-refractivity contribution in [2.45, 2.75) is 31.7 Å². The van der Waals surface area contributed by atoms with Crippen LogP contribution >= 0.6 is 0 Å². The minimum Gasteiger partial charge on any atom is -0.359 e. The van der Waals surface area contributed by atoms with E-state index in [4.69, 9.17) is 0 Å². The Labute approximate surface area is 139 Å². The van der Waals surface area contributed by atoms with Crippen LogP contribution in [0.3, 0.4) is 0 Å². The van der Waals surface area contributed by atoms with Gasteiger partial charge in [0.05, 0.1) is 18.4 Å². The number of amidine groups is 2. The van der Waals surface area contributed by atoms with Crippen molar-refractivity contribution in [2.24, 2.45) is 10.1 Å². The van der Waals surface area contributed by atoms with Crippen LogP contribution in [0.1, 0.15) is 25.7 Å². The van der Waals surface area contributed by atoms with Crippen LogP contribution < -0.4 is 5.32 Å². The molecular formula is C16H19FN6O. The molecule has 0 bridgehead atoms. The molecule has 3 aliphatic heterocycles. The van der Waals surface area contributed by atoms with Crippen molar-refractivity contribution >= 4 is 23.3 Å². The average molecular weight is 330 g/mol. The van der Waals surface area contributed by atoms with Gasteiger partial charge in [0.15, 0.2) is 11.9 Å². The largest absolute Gasteiger partial charge is 0.359 e. The minimum absolute atomic E-state index is 0.129. The number of amides is 1. The smallest absolute Gasteiger partial charge is 0.251 e. The highest BCUT2D eigenvalue weighted by atomic mass is 19.1. The third-order valence-electron chi connectivity index (χ3n) is 4.61. The number of likely N-dealkylation sites (tertiary alicyclic amines) is 1. The fourth-order valence-electron chi connectivity index (χ4n) is 3.32. The molecule has 24 heavy (non-hydrogen) atoms. The van der Waals surface area contributed by atoms with Crippen molar-refractivity contribution in [3.63, 3.8) is 0 Å². The van der Waals surface area contributed by atoms with Gasteiger partial charge in [0.25, 0.3) is 5.91 Å². The zero-order valence-electron chi connectivity index (χ0n) is 13.3. The van der Waals surface area contributed by atoms with Gasteiger partial charge in [-0.2, -0.15) is 5.10 Å². The lowest BCUT2D eigenvalue weighted by Gasteiger charge is -2.30. The van der Waals surface area contributed by atoms with Crippen molar-refractivity contribution in [2.75, 3.05) is 25.0 Å². The maximum Gasteiger partial charge on any atom is 0.251 e. The van der Waals surface area contributed by atoms with Crippen LogP contribution in [0.2, 0.25) is 0 Å². The number of nitrogens with one attached hydrogen (secondary N) is 1. The Morgan fingerprint density at radius 2 is 2.04 bits per heavy atom. The molecular weight excluding hydrogens is 311 g/mol. The molecule has 1 atom stereocenters. The van der Waals surface area contributed by atoms with Crippen LogP contribution in [0.15, 0.2) is 28.6 Å². The van der Waals surface area contributed by atoms with E-state index in [9.17, 15) is 9.18 Å². The van der Waals surface area contributed by atoms with E-state index in [0.717, 1.165) is 43.8 Å². The SMILES string of the molecule is O=C(Nc1ccncc1F)C1CN=C2CCC(N3CCCC3)=NN21. The van der Waals surface area contributed by atoms with E-state index in [2.05, 4.69) is 25.3 Å². The fourth-order valence-corrected chi connectivity index (χ4v) is 3.32. The zero-order valence-corrected chi connectivity index (χ0v) is 13.3. The highest BCUT2D eigenvalue weighted by Gasteiger charge is 2.37. The third kappa shape index (κ3) is 2.72. The first-order valence-electron chi connectivity index (χ1n) is 8.28. The Hall–Kier alpha value is -2.51. The normalized spacial score (nSPS) is 23.0. The van der Waals surface area contributed by atoms with Crippen molar-refractivity contribution < 1.29 is 9.18 Å². The van der Waals surface area contributed by atoms with E-state index in [1.54, 1.807) is 5.01 Å². The number of pyridine rings is 1. The summed E-state index contributed by atoms with van der Waals surface area (Å²) >= 11 is 0. The first-order chi connectivity index (χ1) is 11.7. The molecule has 8 heteroatoms. The number of carbonyl (C=O) groups is 1. The molecule has 4 rings (SSSR count). The van der Waals surface area contributed by atoms with Gasteiger partial charge < -0.3 is 10.2 Å². The molecule has 1 amide bonds. The Bertz CT molecular complexity index is 712. The quantitative estimate of drug-likeness (QED) is 0.891. The third-order valence-corrected chi connectivity index (χ3v) is 4.61. The molecule has 1 fully saturated rings. The number of nitrogens with zero attached hydrogens (tertiary/aromatic N) is 5. The molecule has 1 aromatic heterocycles. The lowest BCUT2D eigenvalue weighted by atomic mass is 10.2. The van der Waals surface area contributed by atoms with Crippen molar-refractivity contribution in [3.05, 3.63) is 24.3 Å². The fraction of sp³-hybridized carbons (Fsp3) is 0.500. The van der Waals surface area contributed by atoms with Crippen molar-refractivity contribution in [1.82, 2.24) is 14.9 Å². The Kier molecular flexibility index (Phi) is 3.87. The Morgan fingerprint density at radius 3 is 2.83 bits per heavy atom. The molecule has 0 spiro atoms. The second kappa shape index (κ2) is 6.18. The predicted octanol–water partition coefficient (Wildman–Crippen LogP) is 1.45. The van der Waals surface area contributed by atoms with E-state index < -0.39 is 11.9 Å². The van der Waals surface area contributed by atoms with E-state index in [0.29, 0.717) is 6.54 Å². The lowest BCUT2D eigenvalue weighted by Crippen LogP contribution is -2.46. The lowest BCUT2D eigenvalue weighted by molar-refractivity contribution is -0.119. The molecule has 7 nitrogen and oxygen atoms in total. The molecule has 4 heterocycles. The monoisotopic (exact) mass is 330 g/mol. The number of hydrogen-bond acceptors (Lipinski definition) is 6. The molecule has 0 saturated carbocycles. The van der Waals surface area contributed by atoms with Gasteiger partial charge in [-0.05, 0) is 18.9 Å². The summed E-state index contributed by atoms with van der Waals surface area (Å²) in [6.07, 6.45) is 6.55. The number of anilines is 1. The highest BCUT2D eigenvalue weighted by Crippen LogP contribution is 2.24. The molecule has 3 aliphatic rings. The molecule has 0 aliphatic carbocycles. The van der Waals surface area contributed by atoms with Crippen LogP contribution in [0.4, 0.5) is 10.1 Å². The van der Waals surface area contributed by atoms with Gasteiger partial charge in [-0.3, -0.25) is 14.8 Å². The molecule has 1 saturated heterocycles. The van der Waals surface area contributed by atoms with Gasteiger partial charge in [-0.25, -0.2) is 9.40 Å². The van der Waals surface area contributed by atoms with Gasteiger partial charge in [-0.15, -0.1) is 0 Å². The first kappa shape index (κ1) is 15.0. The van der Waals surface area contributed by atoms with E-state index in [-0.39, 0.29) is 11.6 Å². The van der Waals surface area contributed by atoms with Crippen LogP contribution in [0.25, 0.3) is 0 Å². The number of carbonyl (C=O) groups excluding carboxylic acids is 1. The molecule has 126 valence electrons. The summed E-state index contributed by atoms with van der Waals surface area (Å²) < 4.78 is 13.7. The predicted molar refractivity (Wildman–Crippen MR) is 88.2 cm³/mol. The summed E-state index contributed by atoms with van der Waals surface area (Å²) in [6, 6.07) is 0.921. The number of halogens is 1. The van der Waals surface area contributed by atoms with Crippen molar-refractivity contribution in [1.29, 1.82) is 0 Å². The summed E-state index contributed by atoms with van der Waals surface area (Å²) in [6.45, 7) is 2.40. The Morgan fingerprint density at radius 1 is 1.25 bits per heavy atom. The average Bonchev–Trinajstić information content (AvgIpc) is 3.25. The minimum atomic E-state index is -0.551.